The van der Waals surface area contributed by atoms with Gasteiger partial charge in [0.05, 0.1) is 18.4 Å². The van der Waals surface area contributed by atoms with Gasteiger partial charge in [0, 0.05) is 20.2 Å². The third kappa shape index (κ3) is 3.08. The summed E-state index contributed by atoms with van der Waals surface area (Å²) in [7, 11) is 1.72. The van der Waals surface area contributed by atoms with Crippen LogP contribution >= 0.6 is 0 Å². The van der Waals surface area contributed by atoms with E-state index >= 15 is 0 Å². The normalized spacial score (nSPS) is 27.9. The molecule has 2 saturated carbocycles. The van der Waals surface area contributed by atoms with E-state index in [1.807, 2.05) is 13.8 Å². The zero-order valence-corrected chi connectivity index (χ0v) is 11.9. The number of carboxylic acid groups (broad SMARTS) is 1. The summed E-state index contributed by atoms with van der Waals surface area (Å²) >= 11 is 0. The molecule has 0 aromatic heterocycles. The number of hydrogen-bond acceptors (Lipinski definition) is 3. The van der Waals surface area contributed by atoms with Crippen LogP contribution in [0.2, 0.25) is 0 Å². The van der Waals surface area contributed by atoms with E-state index in [1.54, 1.807) is 11.9 Å². The standard InChI is InChI=1S/C14H23NO4/c1-14(2)10(11(14)13(17)18)12(16)15(3)6-7-19-8-9-4-5-9/h9-11H,4-8H2,1-3H3,(H,17,18)/t10-,11+/m1/s1. The summed E-state index contributed by atoms with van der Waals surface area (Å²) in [5.74, 6) is -1.16. The molecule has 0 saturated heterocycles. The first-order valence-electron chi connectivity index (χ1n) is 6.91. The molecule has 0 heterocycles. The van der Waals surface area contributed by atoms with Crippen LogP contribution in [-0.2, 0) is 14.3 Å². The Morgan fingerprint density at radius 3 is 2.42 bits per heavy atom. The molecule has 19 heavy (non-hydrogen) atoms. The van der Waals surface area contributed by atoms with Crippen molar-refractivity contribution >= 4 is 11.9 Å². The third-order valence-corrected chi connectivity index (χ3v) is 4.36. The molecule has 0 unspecified atom stereocenters. The van der Waals surface area contributed by atoms with E-state index in [0.29, 0.717) is 13.2 Å². The second kappa shape index (κ2) is 5.12. The summed E-state index contributed by atoms with van der Waals surface area (Å²) in [5.41, 5.74) is -0.425. The minimum Gasteiger partial charge on any atom is -0.481 e. The van der Waals surface area contributed by atoms with Gasteiger partial charge in [0.1, 0.15) is 0 Å². The molecule has 108 valence electrons. The summed E-state index contributed by atoms with van der Waals surface area (Å²) in [4.78, 5) is 24.8. The topological polar surface area (TPSA) is 66.8 Å². The number of carbonyl (C=O) groups excluding carboxylic acids is 1. The number of amides is 1. The molecular weight excluding hydrogens is 246 g/mol. The number of likely N-dealkylation sites (N-methyl/N-ethyl adjacent to an activating group) is 1. The monoisotopic (exact) mass is 269 g/mol. The van der Waals surface area contributed by atoms with Crippen molar-refractivity contribution in [2.45, 2.75) is 26.7 Å². The lowest BCUT2D eigenvalue weighted by molar-refractivity contribution is -0.141. The SMILES string of the molecule is CN(CCOCC1CC1)C(=O)[C@H]1[C@@H](C(=O)O)C1(C)C. The minimum absolute atomic E-state index is 0.0765. The highest BCUT2D eigenvalue weighted by Crippen LogP contribution is 2.58. The molecule has 2 aliphatic carbocycles. The van der Waals surface area contributed by atoms with E-state index in [1.165, 1.54) is 12.8 Å². The van der Waals surface area contributed by atoms with E-state index in [4.69, 9.17) is 9.84 Å². The highest BCUT2D eigenvalue weighted by molar-refractivity contribution is 5.91. The molecule has 5 nitrogen and oxygen atoms in total. The van der Waals surface area contributed by atoms with E-state index in [0.717, 1.165) is 12.5 Å². The summed E-state index contributed by atoms with van der Waals surface area (Å²) in [5, 5.41) is 9.08. The number of carboxylic acids is 1. The fourth-order valence-electron chi connectivity index (χ4n) is 2.64. The fourth-order valence-corrected chi connectivity index (χ4v) is 2.64. The minimum atomic E-state index is -0.873. The number of hydrogen-bond donors (Lipinski definition) is 1. The molecule has 1 amide bonds. The zero-order chi connectivity index (χ0) is 14.2. The Kier molecular flexibility index (Phi) is 3.85. The maximum atomic E-state index is 12.2. The van der Waals surface area contributed by atoms with Crippen LogP contribution in [0.25, 0.3) is 0 Å². The van der Waals surface area contributed by atoms with Crippen LogP contribution in [0.1, 0.15) is 26.7 Å². The van der Waals surface area contributed by atoms with Gasteiger partial charge in [-0.25, -0.2) is 0 Å². The number of rotatable bonds is 7. The fraction of sp³-hybridized carbons (Fsp3) is 0.857. The molecule has 1 N–H and O–H groups in total. The molecule has 2 aliphatic rings. The molecule has 0 aromatic carbocycles. The number of aliphatic carboxylic acids is 1. The predicted molar refractivity (Wildman–Crippen MR) is 69.6 cm³/mol. The van der Waals surface area contributed by atoms with Gasteiger partial charge < -0.3 is 14.7 Å². The number of nitrogens with zero attached hydrogens (tertiary/aromatic N) is 1. The van der Waals surface area contributed by atoms with Crippen LogP contribution in [0.15, 0.2) is 0 Å². The molecule has 0 bridgehead atoms. The van der Waals surface area contributed by atoms with Crippen LogP contribution in [0.5, 0.6) is 0 Å². The van der Waals surface area contributed by atoms with Gasteiger partial charge in [0.2, 0.25) is 5.91 Å². The van der Waals surface area contributed by atoms with Crippen molar-refractivity contribution in [3.8, 4) is 0 Å². The van der Waals surface area contributed by atoms with Crippen molar-refractivity contribution in [3.05, 3.63) is 0 Å². The maximum absolute atomic E-state index is 12.2. The van der Waals surface area contributed by atoms with Gasteiger partial charge in [-0.2, -0.15) is 0 Å². The Labute approximate surface area is 113 Å². The molecule has 2 fully saturated rings. The van der Waals surface area contributed by atoms with E-state index in [2.05, 4.69) is 0 Å². The van der Waals surface area contributed by atoms with Crippen LogP contribution in [0, 0.1) is 23.2 Å². The summed E-state index contributed by atoms with van der Waals surface area (Å²) < 4.78 is 5.49. The highest BCUT2D eigenvalue weighted by Gasteiger charge is 2.66. The lowest BCUT2D eigenvalue weighted by Gasteiger charge is -2.18. The van der Waals surface area contributed by atoms with Crippen LogP contribution < -0.4 is 0 Å². The van der Waals surface area contributed by atoms with Gasteiger partial charge >= 0.3 is 5.97 Å². The van der Waals surface area contributed by atoms with Gasteiger partial charge in [-0.05, 0) is 24.2 Å². The average Bonchev–Trinajstić information content (AvgIpc) is 3.20. The molecule has 2 rings (SSSR count). The zero-order valence-electron chi connectivity index (χ0n) is 11.9. The van der Waals surface area contributed by atoms with Crippen molar-refractivity contribution in [2.75, 3.05) is 26.8 Å². The Bertz CT molecular complexity index is 376. The third-order valence-electron chi connectivity index (χ3n) is 4.36. The van der Waals surface area contributed by atoms with Crippen molar-refractivity contribution in [2.24, 2.45) is 23.2 Å². The van der Waals surface area contributed by atoms with Crippen LogP contribution in [0.3, 0.4) is 0 Å². The van der Waals surface area contributed by atoms with Crippen molar-refractivity contribution in [1.82, 2.24) is 4.90 Å². The van der Waals surface area contributed by atoms with Gasteiger partial charge in [-0.3, -0.25) is 9.59 Å². The molecule has 0 radical (unpaired) electrons. The van der Waals surface area contributed by atoms with E-state index < -0.39 is 23.2 Å². The molecule has 0 aromatic rings. The summed E-state index contributed by atoms with van der Waals surface area (Å²) in [6.45, 7) is 5.53. The van der Waals surface area contributed by atoms with Gasteiger partial charge in [-0.15, -0.1) is 0 Å². The Morgan fingerprint density at radius 1 is 1.32 bits per heavy atom. The van der Waals surface area contributed by atoms with Crippen molar-refractivity contribution < 1.29 is 19.4 Å². The Morgan fingerprint density at radius 2 is 1.95 bits per heavy atom. The number of ether oxygens (including phenoxy) is 1. The first-order valence-corrected chi connectivity index (χ1v) is 6.91. The number of carbonyl (C=O) groups is 2. The molecule has 0 spiro atoms. The molecule has 5 heteroatoms. The van der Waals surface area contributed by atoms with E-state index in [9.17, 15) is 9.59 Å². The molecule has 2 atom stereocenters. The van der Waals surface area contributed by atoms with Crippen LogP contribution in [0.4, 0.5) is 0 Å². The first kappa shape index (κ1) is 14.3. The largest absolute Gasteiger partial charge is 0.481 e. The lowest BCUT2D eigenvalue weighted by atomic mass is 10.1. The molecular formula is C14H23NO4. The predicted octanol–water partition coefficient (Wildman–Crippen LogP) is 1.23. The second-order valence-corrected chi connectivity index (χ2v) is 6.39. The van der Waals surface area contributed by atoms with Gasteiger partial charge in [0.25, 0.3) is 0 Å². The lowest BCUT2D eigenvalue weighted by Crippen LogP contribution is -2.33. The smallest absolute Gasteiger partial charge is 0.307 e. The Hall–Kier alpha value is -1.10. The summed E-state index contributed by atoms with van der Waals surface area (Å²) in [6.07, 6.45) is 2.51. The van der Waals surface area contributed by atoms with Gasteiger partial charge in [-0.1, -0.05) is 13.8 Å². The van der Waals surface area contributed by atoms with Gasteiger partial charge in [0.15, 0.2) is 0 Å². The maximum Gasteiger partial charge on any atom is 0.307 e. The van der Waals surface area contributed by atoms with Crippen LogP contribution in [-0.4, -0.2) is 48.7 Å². The highest BCUT2D eigenvalue weighted by atomic mass is 16.5. The Balaban J connectivity index is 1.74. The quantitative estimate of drug-likeness (QED) is 0.706. The average molecular weight is 269 g/mol. The first-order chi connectivity index (χ1) is 8.85. The molecule has 0 aliphatic heterocycles. The van der Waals surface area contributed by atoms with E-state index in [-0.39, 0.29) is 5.91 Å². The van der Waals surface area contributed by atoms with Crippen molar-refractivity contribution in [3.63, 3.8) is 0 Å². The summed E-state index contributed by atoms with van der Waals surface area (Å²) in [6, 6.07) is 0. The second-order valence-electron chi connectivity index (χ2n) is 6.39. The van der Waals surface area contributed by atoms with Crippen molar-refractivity contribution in [1.29, 1.82) is 0 Å².